The Bertz CT molecular complexity index is 1490. The highest BCUT2D eigenvalue weighted by atomic mass is 32.2. The number of piperidine rings is 1. The van der Waals surface area contributed by atoms with Gasteiger partial charge in [0.15, 0.2) is 0 Å². The summed E-state index contributed by atoms with van der Waals surface area (Å²) in [5, 5.41) is 4.56. The summed E-state index contributed by atoms with van der Waals surface area (Å²) in [6, 6.07) is 13.0. The Kier molecular flexibility index (Phi) is 6.36. The average Bonchev–Trinajstić information content (AvgIpc) is 3.53. The smallest absolute Gasteiger partial charge is 0.243 e. The van der Waals surface area contributed by atoms with Crippen LogP contribution < -0.4 is 4.90 Å². The van der Waals surface area contributed by atoms with Crippen LogP contribution in [-0.2, 0) is 21.2 Å². The van der Waals surface area contributed by atoms with Crippen LogP contribution in [0.1, 0.15) is 24.1 Å². The molecule has 0 radical (unpaired) electrons. The Morgan fingerprint density at radius 3 is 2.68 bits per heavy atom. The minimum Gasteiger partial charge on any atom is -0.384 e. The summed E-state index contributed by atoms with van der Waals surface area (Å²) in [7, 11) is -2.15. The number of ether oxygens (including phenoxy) is 1. The van der Waals surface area contributed by atoms with Crippen molar-refractivity contribution in [2.45, 2.75) is 30.3 Å². The van der Waals surface area contributed by atoms with Crippen molar-refractivity contribution in [2.75, 3.05) is 44.8 Å². The highest BCUT2D eigenvalue weighted by Gasteiger charge is 2.46. The van der Waals surface area contributed by atoms with E-state index in [9.17, 15) is 17.2 Å². The fourth-order valence-corrected chi connectivity index (χ4v) is 7.60. The molecule has 0 amide bonds. The molecule has 10 heteroatoms. The molecule has 1 aliphatic carbocycles. The molecule has 7 nitrogen and oxygen atoms in total. The number of anilines is 1. The molecule has 3 heterocycles. The third kappa shape index (κ3) is 4.34. The topological polar surface area (TPSA) is 67.7 Å². The van der Waals surface area contributed by atoms with E-state index in [1.54, 1.807) is 52.6 Å². The molecule has 2 aromatic carbocycles. The third-order valence-corrected chi connectivity index (χ3v) is 9.80. The van der Waals surface area contributed by atoms with Crippen LogP contribution >= 0.6 is 0 Å². The largest absolute Gasteiger partial charge is 0.384 e. The van der Waals surface area contributed by atoms with Crippen LogP contribution in [-0.4, -0.2) is 68.6 Å². The van der Waals surface area contributed by atoms with Gasteiger partial charge in [-0.25, -0.2) is 21.9 Å². The van der Waals surface area contributed by atoms with Crippen molar-refractivity contribution in [1.82, 2.24) is 14.1 Å². The van der Waals surface area contributed by atoms with Crippen LogP contribution in [0.4, 0.5) is 14.5 Å². The number of hydrogen-bond donors (Lipinski definition) is 0. The second-order valence-electron chi connectivity index (χ2n) is 10.4. The maximum Gasteiger partial charge on any atom is 0.243 e. The van der Waals surface area contributed by atoms with Gasteiger partial charge in [0.05, 0.1) is 29.1 Å². The zero-order chi connectivity index (χ0) is 26.5. The molecule has 200 valence electrons. The maximum atomic E-state index is 13.8. The molecule has 2 saturated heterocycles. The van der Waals surface area contributed by atoms with Crippen LogP contribution in [0.5, 0.6) is 0 Å². The predicted molar refractivity (Wildman–Crippen MR) is 141 cm³/mol. The van der Waals surface area contributed by atoms with Gasteiger partial charge in [-0.15, -0.1) is 0 Å². The summed E-state index contributed by atoms with van der Waals surface area (Å²) in [4.78, 5) is 2.12. The first kappa shape index (κ1) is 25.2. The van der Waals surface area contributed by atoms with Gasteiger partial charge in [0, 0.05) is 44.4 Å². The number of methoxy groups -OCH3 is 1. The van der Waals surface area contributed by atoms with Gasteiger partial charge in [0.1, 0.15) is 12.0 Å². The van der Waals surface area contributed by atoms with E-state index in [0.717, 1.165) is 28.2 Å². The van der Waals surface area contributed by atoms with E-state index in [-0.39, 0.29) is 23.8 Å². The van der Waals surface area contributed by atoms with Gasteiger partial charge < -0.3 is 9.64 Å². The molecule has 2 unspecified atom stereocenters. The van der Waals surface area contributed by atoms with E-state index < -0.39 is 21.6 Å². The summed E-state index contributed by atoms with van der Waals surface area (Å²) in [6.07, 6.45) is 4.61. The maximum absolute atomic E-state index is 13.8. The highest BCUT2D eigenvalue weighted by Crippen LogP contribution is 2.45. The van der Waals surface area contributed by atoms with Gasteiger partial charge in [-0.1, -0.05) is 11.6 Å². The number of sulfonamides is 1. The number of nitrogens with zero attached hydrogens (tertiary/aromatic N) is 4. The molecule has 6 rings (SSSR count). The van der Waals surface area contributed by atoms with E-state index in [1.165, 1.54) is 12.1 Å². The molecule has 2 fully saturated rings. The van der Waals surface area contributed by atoms with Crippen LogP contribution in [0.15, 0.2) is 65.2 Å². The van der Waals surface area contributed by atoms with E-state index >= 15 is 0 Å². The van der Waals surface area contributed by atoms with Crippen molar-refractivity contribution in [3.8, 4) is 5.69 Å². The number of rotatable bonds is 6. The van der Waals surface area contributed by atoms with E-state index in [1.807, 2.05) is 11.0 Å². The minimum atomic E-state index is -3.78. The molecule has 0 spiro atoms. The van der Waals surface area contributed by atoms with Crippen molar-refractivity contribution < 1.29 is 21.9 Å². The van der Waals surface area contributed by atoms with Crippen LogP contribution in [0.3, 0.4) is 0 Å². The molecule has 2 atom stereocenters. The summed E-state index contributed by atoms with van der Waals surface area (Å²) >= 11 is 0. The lowest BCUT2D eigenvalue weighted by atomic mass is 9.69. The van der Waals surface area contributed by atoms with Crippen molar-refractivity contribution in [3.05, 3.63) is 77.4 Å². The van der Waals surface area contributed by atoms with Crippen molar-refractivity contribution in [1.29, 1.82) is 0 Å². The third-order valence-electron chi connectivity index (χ3n) is 7.96. The Balaban J connectivity index is 1.30. The second kappa shape index (κ2) is 9.59. The summed E-state index contributed by atoms with van der Waals surface area (Å²) in [6.45, 7) is 1.87. The number of hydrogen-bond acceptors (Lipinski definition) is 5. The number of aromatic nitrogens is 2. The number of fused-ring (bicyclic) bond motifs is 2. The molecule has 2 aliphatic heterocycles. The van der Waals surface area contributed by atoms with Crippen LogP contribution in [0.25, 0.3) is 11.8 Å². The Morgan fingerprint density at radius 2 is 1.95 bits per heavy atom. The molecule has 0 N–H and O–H groups in total. The quantitative estimate of drug-likeness (QED) is 0.468. The second-order valence-corrected chi connectivity index (χ2v) is 12.4. The number of benzene rings is 2. The van der Waals surface area contributed by atoms with Gasteiger partial charge in [-0.2, -0.15) is 9.40 Å². The molecule has 1 aromatic heterocycles. The van der Waals surface area contributed by atoms with Gasteiger partial charge in [0.2, 0.25) is 10.0 Å². The van der Waals surface area contributed by atoms with E-state index in [0.29, 0.717) is 39.0 Å². The number of alkyl halides is 1. The normalized spacial score (nSPS) is 23.7. The van der Waals surface area contributed by atoms with E-state index in [4.69, 9.17) is 4.74 Å². The standard InChI is InChI=1S/C28H30F2N4O3S/c1-37-19-28-15-20-16-31-34(24-7-5-22(29)6-8-24)27(20)13-21(28)9-12-33(18-28)38(35,36)26-4-2-3-25(14-26)32-11-10-23(30)17-32/h2-8,13-14,16,23H,9-12,15,17-19H2,1H3. The molecule has 0 bridgehead atoms. The molecule has 3 aliphatic rings. The van der Waals surface area contributed by atoms with Gasteiger partial charge in [-0.3, -0.25) is 0 Å². The molecular weight excluding hydrogens is 510 g/mol. The molecule has 38 heavy (non-hydrogen) atoms. The average molecular weight is 541 g/mol. The fraction of sp³-hybridized carbons (Fsp3) is 0.393. The first-order valence-corrected chi connectivity index (χ1v) is 14.3. The Labute approximate surface area is 221 Å². The predicted octanol–water partition coefficient (Wildman–Crippen LogP) is 4.23. The van der Waals surface area contributed by atoms with Gasteiger partial charge >= 0.3 is 0 Å². The van der Waals surface area contributed by atoms with E-state index in [2.05, 4.69) is 11.2 Å². The minimum absolute atomic E-state index is 0.220. The van der Waals surface area contributed by atoms with Gasteiger partial charge in [0.25, 0.3) is 0 Å². The lowest BCUT2D eigenvalue weighted by Gasteiger charge is -2.45. The highest BCUT2D eigenvalue weighted by molar-refractivity contribution is 7.89. The Morgan fingerprint density at radius 1 is 1.13 bits per heavy atom. The van der Waals surface area contributed by atoms with Crippen molar-refractivity contribution in [3.63, 3.8) is 0 Å². The first-order valence-electron chi connectivity index (χ1n) is 12.8. The summed E-state index contributed by atoms with van der Waals surface area (Å²) in [5.74, 6) is -0.307. The number of halogens is 2. The van der Waals surface area contributed by atoms with Crippen LogP contribution in [0.2, 0.25) is 0 Å². The molecular formula is C28H30F2N4O3S. The Hall–Kier alpha value is -3.08. The molecule has 0 saturated carbocycles. The zero-order valence-electron chi connectivity index (χ0n) is 21.2. The zero-order valence-corrected chi connectivity index (χ0v) is 22.0. The lowest BCUT2D eigenvalue weighted by molar-refractivity contribution is 0.0733. The fourth-order valence-electron chi connectivity index (χ4n) is 6.04. The molecule has 3 aromatic rings. The van der Waals surface area contributed by atoms with Crippen molar-refractivity contribution >= 4 is 21.8 Å². The lowest BCUT2D eigenvalue weighted by Crippen LogP contribution is -2.51. The summed E-state index contributed by atoms with van der Waals surface area (Å²) < 4.78 is 63.9. The summed E-state index contributed by atoms with van der Waals surface area (Å²) in [5.41, 5.74) is 4.02. The van der Waals surface area contributed by atoms with Gasteiger partial charge in [-0.05, 0) is 73.4 Å². The monoisotopic (exact) mass is 540 g/mol. The SMILES string of the molecule is COCC12Cc3cnn(-c4ccc(F)cc4)c3C=C1CCN(S(=O)(=O)c1cccc(N3CCC(F)C3)c1)C2. The van der Waals surface area contributed by atoms with Crippen LogP contribution in [0, 0.1) is 11.2 Å². The first-order chi connectivity index (χ1) is 18.3. The van der Waals surface area contributed by atoms with Crippen molar-refractivity contribution in [2.24, 2.45) is 5.41 Å².